The molecular weight excluding hydrogens is 392 g/mol. The quantitative estimate of drug-likeness (QED) is 0.619. The number of benzene rings is 3. The van der Waals surface area contributed by atoms with Crippen LogP contribution < -0.4 is 0 Å². The zero-order chi connectivity index (χ0) is 21.7. The van der Waals surface area contributed by atoms with Crippen molar-refractivity contribution in [3.05, 3.63) is 82.9 Å². The molecule has 0 fully saturated rings. The lowest BCUT2D eigenvalue weighted by atomic mass is 9.99. The first-order valence-electron chi connectivity index (χ1n) is 8.81. The number of carboxylic acid groups (broad SMARTS) is 2. The second kappa shape index (κ2) is 8.87. The lowest BCUT2D eigenvalue weighted by Crippen LogP contribution is -2.16. The van der Waals surface area contributed by atoms with Crippen molar-refractivity contribution in [1.82, 2.24) is 0 Å². The Hall–Kier alpha value is -4.20. The van der Waals surface area contributed by atoms with Gasteiger partial charge in [-0.3, -0.25) is 0 Å². The zero-order valence-electron chi connectivity index (χ0n) is 15.5. The normalized spacial score (nSPS) is 12.9. The van der Waals surface area contributed by atoms with Crippen LogP contribution in [0.1, 0.15) is 41.4 Å². The number of carbonyl (C=O) groups is 4. The van der Waals surface area contributed by atoms with Crippen molar-refractivity contribution < 1.29 is 38.9 Å². The molecule has 2 heterocycles. The van der Waals surface area contributed by atoms with Crippen LogP contribution in [0.2, 0.25) is 0 Å². The molecule has 0 atom stereocenters. The van der Waals surface area contributed by atoms with Crippen LogP contribution in [0, 0.1) is 0 Å². The Morgan fingerprint density at radius 3 is 1.73 bits per heavy atom. The van der Waals surface area contributed by atoms with Crippen molar-refractivity contribution in [1.29, 1.82) is 0 Å². The van der Waals surface area contributed by atoms with Crippen molar-refractivity contribution >= 4 is 34.6 Å². The van der Waals surface area contributed by atoms with Gasteiger partial charge in [-0.1, -0.05) is 30.3 Å². The molecule has 8 heteroatoms. The van der Waals surface area contributed by atoms with Gasteiger partial charge in [0.2, 0.25) is 0 Å². The van der Waals surface area contributed by atoms with Gasteiger partial charge in [0.25, 0.3) is 0 Å². The summed E-state index contributed by atoms with van der Waals surface area (Å²) in [6, 6.07) is 15.9. The molecule has 2 aliphatic rings. The summed E-state index contributed by atoms with van der Waals surface area (Å²) in [6.07, 6.45) is 0. The maximum atomic E-state index is 11.3. The van der Waals surface area contributed by atoms with Crippen molar-refractivity contribution in [2.45, 2.75) is 0 Å². The Labute approximate surface area is 170 Å². The fourth-order valence-electron chi connectivity index (χ4n) is 2.86. The minimum Gasteiger partial charge on any atom is -0.478 e. The number of esters is 2. The van der Waals surface area contributed by atoms with E-state index in [1.54, 1.807) is 54.6 Å². The van der Waals surface area contributed by atoms with Crippen LogP contribution in [-0.2, 0) is 9.47 Å². The average Bonchev–Trinajstić information content (AvgIpc) is 2.75. The zero-order valence-corrected chi connectivity index (χ0v) is 15.5. The lowest BCUT2D eigenvalue weighted by molar-refractivity contribution is 0.0260. The number of carbonyl (C=O) groups excluding carboxylic acids is 2. The monoisotopic (exact) mass is 408 g/mol. The molecular formula is C22H16O8. The van der Waals surface area contributed by atoms with Gasteiger partial charge in [-0.15, -0.1) is 0 Å². The minimum atomic E-state index is -1.23. The number of aromatic carboxylic acids is 2. The van der Waals surface area contributed by atoms with Gasteiger partial charge >= 0.3 is 23.9 Å². The molecule has 2 bridgehead atoms. The summed E-state index contributed by atoms with van der Waals surface area (Å²) in [5, 5.41) is 19.1. The summed E-state index contributed by atoms with van der Waals surface area (Å²) < 4.78 is 9.66. The molecule has 0 aliphatic carbocycles. The largest absolute Gasteiger partial charge is 0.478 e. The van der Waals surface area contributed by atoms with Gasteiger partial charge in [0, 0.05) is 0 Å². The molecule has 2 N–H and O–H groups in total. The predicted molar refractivity (Wildman–Crippen MR) is 105 cm³/mol. The van der Waals surface area contributed by atoms with Crippen LogP contribution in [0.4, 0.5) is 0 Å². The Morgan fingerprint density at radius 2 is 1.23 bits per heavy atom. The summed E-state index contributed by atoms with van der Waals surface area (Å²) in [4.78, 5) is 44.5. The summed E-state index contributed by atoms with van der Waals surface area (Å²) in [6.45, 7) is 0.200. The van der Waals surface area contributed by atoms with E-state index in [0.717, 1.165) is 0 Å². The molecule has 152 valence electrons. The lowest BCUT2D eigenvalue weighted by Gasteiger charge is -2.09. The highest BCUT2D eigenvalue weighted by Gasteiger charge is 2.18. The molecule has 0 amide bonds. The van der Waals surface area contributed by atoms with Gasteiger partial charge in [0.1, 0.15) is 13.2 Å². The Bertz CT molecular complexity index is 1090. The number of hydrogen-bond acceptors (Lipinski definition) is 6. The molecule has 30 heavy (non-hydrogen) atoms. The van der Waals surface area contributed by atoms with Gasteiger partial charge < -0.3 is 19.7 Å². The van der Waals surface area contributed by atoms with E-state index in [9.17, 15) is 19.2 Å². The second-order valence-corrected chi connectivity index (χ2v) is 6.17. The van der Waals surface area contributed by atoms with E-state index >= 15 is 0 Å². The van der Waals surface area contributed by atoms with Gasteiger partial charge in [-0.05, 0) is 41.1 Å². The molecule has 5 rings (SSSR count). The highest BCUT2D eigenvalue weighted by Crippen LogP contribution is 2.22. The highest BCUT2D eigenvalue weighted by molar-refractivity contribution is 6.11. The summed E-state index contributed by atoms with van der Waals surface area (Å²) in [7, 11) is 0. The van der Waals surface area contributed by atoms with Gasteiger partial charge in [0.15, 0.2) is 0 Å². The third-order valence-electron chi connectivity index (χ3n) is 4.28. The third kappa shape index (κ3) is 4.44. The molecule has 0 radical (unpaired) electrons. The molecule has 0 spiro atoms. The number of hydrogen-bond donors (Lipinski definition) is 2. The third-order valence-corrected chi connectivity index (χ3v) is 4.28. The van der Waals surface area contributed by atoms with Crippen LogP contribution in [0.3, 0.4) is 0 Å². The predicted octanol–water partition coefficient (Wildman–Crippen LogP) is 3.25. The topological polar surface area (TPSA) is 127 Å². The number of fused-ring (bicyclic) bond motifs is 8. The minimum absolute atomic E-state index is 0.100. The molecule has 0 aromatic heterocycles. The molecule has 3 aromatic rings. The van der Waals surface area contributed by atoms with Crippen molar-refractivity contribution in [3.8, 4) is 0 Å². The second-order valence-electron chi connectivity index (χ2n) is 6.17. The molecule has 2 aliphatic heterocycles. The van der Waals surface area contributed by atoms with Crippen LogP contribution in [0.5, 0.6) is 0 Å². The first-order valence-corrected chi connectivity index (χ1v) is 8.81. The van der Waals surface area contributed by atoms with E-state index in [2.05, 4.69) is 0 Å². The fourth-order valence-corrected chi connectivity index (χ4v) is 2.86. The van der Waals surface area contributed by atoms with E-state index in [4.69, 9.17) is 19.7 Å². The number of ether oxygens (including phenoxy) is 2. The SMILES string of the molecule is O=C(O)c1ccc2ccccc2c1C(=O)O.O=C1OCCOC(=O)c2ccc1cc2. The average molecular weight is 408 g/mol. The summed E-state index contributed by atoms with van der Waals surface area (Å²) in [5.74, 6) is -3.25. The van der Waals surface area contributed by atoms with Gasteiger partial charge in [-0.25, -0.2) is 19.2 Å². The van der Waals surface area contributed by atoms with Crippen LogP contribution in [0.25, 0.3) is 10.8 Å². The number of rotatable bonds is 2. The highest BCUT2D eigenvalue weighted by atomic mass is 16.6. The van der Waals surface area contributed by atoms with Crippen LogP contribution in [0.15, 0.2) is 60.7 Å². The van der Waals surface area contributed by atoms with Gasteiger partial charge in [0.05, 0.1) is 22.3 Å². The van der Waals surface area contributed by atoms with E-state index in [0.29, 0.717) is 21.9 Å². The van der Waals surface area contributed by atoms with E-state index in [-0.39, 0.29) is 24.3 Å². The summed E-state index contributed by atoms with van der Waals surface area (Å²) >= 11 is 0. The molecule has 0 saturated carbocycles. The molecule has 0 unspecified atom stereocenters. The first kappa shape index (κ1) is 20.5. The molecule has 3 aromatic carbocycles. The van der Waals surface area contributed by atoms with Crippen molar-refractivity contribution in [3.63, 3.8) is 0 Å². The van der Waals surface area contributed by atoms with Crippen molar-refractivity contribution in [2.75, 3.05) is 13.2 Å². The van der Waals surface area contributed by atoms with Crippen LogP contribution in [-0.4, -0.2) is 47.3 Å². The maximum absolute atomic E-state index is 11.3. The van der Waals surface area contributed by atoms with Gasteiger partial charge in [-0.2, -0.15) is 0 Å². The van der Waals surface area contributed by atoms with Crippen molar-refractivity contribution in [2.24, 2.45) is 0 Å². The standard InChI is InChI=1S/C12H8O4.C10H8O4/c13-11(14)9-6-5-7-3-1-2-4-8(7)10(9)12(15)16;11-9-7-1-2-8(4-3-7)10(12)14-6-5-13-9/h1-6H,(H,13,14)(H,15,16);1-4H,5-6H2. The fraction of sp³-hybridized carbons (Fsp3) is 0.0909. The van der Waals surface area contributed by atoms with Crippen LogP contribution >= 0.6 is 0 Å². The molecule has 0 saturated heterocycles. The first-order chi connectivity index (χ1) is 14.4. The Morgan fingerprint density at radius 1 is 0.700 bits per heavy atom. The Balaban J connectivity index is 0.000000172. The smallest absolute Gasteiger partial charge is 0.338 e. The Kier molecular flexibility index (Phi) is 6.07. The number of carboxylic acids is 2. The maximum Gasteiger partial charge on any atom is 0.338 e. The summed E-state index contributed by atoms with van der Waals surface area (Å²) in [5.41, 5.74) is 0.545. The molecule has 8 nitrogen and oxygen atoms in total. The van der Waals surface area contributed by atoms with E-state index in [1.165, 1.54) is 6.07 Å². The van der Waals surface area contributed by atoms with E-state index < -0.39 is 23.9 Å². The van der Waals surface area contributed by atoms with E-state index in [1.807, 2.05) is 0 Å².